The fraction of sp³-hybridized carbons (Fsp3) is 0.368. The van der Waals surface area contributed by atoms with Crippen molar-refractivity contribution in [1.29, 1.82) is 0 Å². The van der Waals surface area contributed by atoms with Crippen LogP contribution < -0.4 is 5.32 Å². The third-order valence-corrected chi connectivity index (χ3v) is 4.28. The van der Waals surface area contributed by atoms with Gasteiger partial charge in [0, 0.05) is 6.54 Å². The van der Waals surface area contributed by atoms with Crippen molar-refractivity contribution in [3.63, 3.8) is 0 Å². The van der Waals surface area contributed by atoms with Crippen molar-refractivity contribution in [3.8, 4) is 11.1 Å². The molecule has 0 bridgehead atoms. The zero-order chi connectivity index (χ0) is 13.9. The monoisotopic (exact) mass is 265 g/mol. The van der Waals surface area contributed by atoms with E-state index in [1.807, 2.05) is 0 Å². The van der Waals surface area contributed by atoms with Crippen molar-refractivity contribution >= 4 is 0 Å². The SMILES string of the molecule is CCNCc1ccc(-c2ccc3c(c2)CCC3)c(C)c1. The van der Waals surface area contributed by atoms with Crippen LogP contribution in [0.5, 0.6) is 0 Å². The summed E-state index contributed by atoms with van der Waals surface area (Å²) in [5, 5.41) is 3.38. The Morgan fingerprint density at radius 2 is 1.85 bits per heavy atom. The van der Waals surface area contributed by atoms with E-state index < -0.39 is 0 Å². The molecule has 1 aliphatic rings. The maximum absolute atomic E-state index is 3.38. The molecule has 0 saturated carbocycles. The number of rotatable bonds is 4. The standard InChI is InChI=1S/C19H23N/c1-3-20-13-15-7-10-19(14(2)11-15)18-9-8-16-5-4-6-17(16)12-18/h7-12,20H,3-6,13H2,1-2H3. The molecule has 0 spiro atoms. The molecule has 0 radical (unpaired) electrons. The number of nitrogens with one attached hydrogen (secondary N) is 1. The van der Waals surface area contributed by atoms with Crippen LogP contribution in [0.25, 0.3) is 11.1 Å². The van der Waals surface area contributed by atoms with Gasteiger partial charge in [-0.3, -0.25) is 0 Å². The lowest BCUT2D eigenvalue weighted by atomic mass is 9.96. The molecule has 1 aliphatic carbocycles. The van der Waals surface area contributed by atoms with Gasteiger partial charge in [-0.15, -0.1) is 0 Å². The summed E-state index contributed by atoms with van der Waals surface area (Å²) in [5.74, 6) is 0. The Morgan fingerprint density at radius 1 is 1.00 bits per heavy atom. The fourth-order valence-electron chi connectivity index (χ4n) is 3.17. The van der Waals surface area contributed by atoms with Crippen LogP contribution in [-0.4, -0.2) is 6.54 Å². The number of hydrogen-bond donors (Lipinski definition) is 1. The summed E-state index contributed by atoms with van der Waals surface area (Å²) in [7, 11) is 0. The minimum absolute atomic E-state index is 0.960. The van der Waals surface area contributed by atoms with E-state index in [2.05, 4.69) is 55.6 Å². The second kappa shape index (κ2) is 5.80. The Balaban J connectivity index is 1.90. The minimum Gasteiger partial charge on any atom is -0.313 e. The van der Waals surface area contributed by atoms with Crippen LogP contribution in [0, 0.1) is 6.92 Å². The molecule has 0 aromatic heterocycles. The van der Waals surface area contributed by atoms with E-state index in [4.69, 9.17) is 0 Å². The molecule has 0 saturated heterocycles. The molecule has 2 aromatic rings. The topological polar surface area (TPSA) is 12.0 Å². The van der Waals surface area contributed by atoms with Gasteiger partial charge in [0.2, 0.25) is 0 Å². The number of benzene rings is 2. The average molecular weight is 265 g/mol. The van der Waals surface area contributed by atoms with Gasteiger partial charge < -0.3 is 5.32 Å². The first-order valence-corrected chi connectivity index (χ1v) is 7.70. The van der Waals surface area contributed by atoms with Crippen LogP contribution in [-0.2, 0) is 19.4 Å². The first kappa shape index (κ1) is 13.4. The first-order valence-electron chi connectivity index (χ1n) is 7.70. The fourth-order valence-corrected chi connectivity index (χ4v) is 3.17. The number of hydrogen-bond acceptors (Lipinski definition) is 1. The number of aryl methyl sites for hydroxylation is 3. The van der Waals surface area contributed by atoms with Gasteiger partial charge in [-0.05, 0) is 66.1 Å². The molecule has 3 rings (SSSR count). The highest BCUT2D eigenvalue weighted by molar-refractivity contribution is 5.69. The molecular formula is C19H23N. The van der Waals surface area contributed by atoms with E-state index in [1.165, 1.54) is 41.5 Å². The quantitative estimate of drug-likeness (QED) is 0.871. The Morgan fingerprint density at radius 3 is 2.65 bits per heavy atom. The lowest BCUT2D eigenvalue weighted by molar-refractivity contribution is 0.726. The Bertz CT molecular complexity index is 613. The van der Waals surface area contributed by atoms with Crippen molar-refractivity contribution in [2.24, 2.45) is 0 Å². The molecule has 1 N–H and O–H groups in total. The van der Waals surface area contributed by atoms with E-state index in [0.717, 1.165) is 13.1 Å². The maximum atomic E-state index is 3.38. The first-order chi connectivity index (χ1) is 9.78. The summed E-state index contributed by atoms with van der Waals surface area (Å²) in [6.45, 7) is 6.34. The van der Waals surface area contributed by atoms with E-state index in [9.17, 15) is 0 Å². The van der Waals surface area contributed by atoms with Crippen LogP contribution in [0.15, 0.2) is 36.4 Å². The predicted molar refractivity (Wildman–Crippen MR) is 86.0 cm³/mol. The molecule has 0 aliphatic heterocycles. The van der Waals surface area contributed by atoms with Crippen LogP contribution in [0.4, 0.5) is 0 Å². The van der Waals surface area contributed by atoms with E-state index in [0.29, 0.717) is 0 Å². The second-order valence-corrected chi connectivity index (χ2v) is 5.77. The van der Waals surface area contributed by atoms with Gasteiger partial charge in [0.15, 0.2) is 0 Å². The molecule has 104 valence electrons. The van der Waals surface area contributed by atoms with Gasteiger partial charge >= 0.3 is 0 Å². The summed E-state index contributed by atoms with van der Waals surface area (Å²) in [5.41, 5.74) is 8.60. The largest absolute Gasteiger partial charge is 0.313 e. The molecular weight excluding hydrogens is 242 g/mol. The van der Waals surface area contributed by atoms with Crippen LogP contribution >= 0.6 is 0 Å². The summed E-state index contributed by atoms with van der Waals surface area (Å²) in [4.78, 5) is 0. The minimum atomic E-state index is 0.960. The lowest BCUT2D eigenvalue weighted by Gasteiger charge is -2.11. The molecule has 20 heavy (non-hydrogen) atoms. The molecule has 2 aromatic carbocycles. The third-order valence-electron chi connectivity index (χ3n) is 4.28. The van der Waals surface area contributed by atoms with Gasteiger partial charge in [0.1, 0.15) is 0 Å². The molecule has 0 unspecified atom stereocenters. The molecule has 0 fully saturated rings. The average Bonchev–Trinajstić information content (AvgIpc) is 2.92. The summed E-state index contributed by atoms with van der Waals surface area (Å²) >= 11 is 0. The summed E-state index contributed by atoms with van der Waals surface area (Å²) < 4.78 is 0. The maximum Gasteiger partial charge on any atom is 0.0205 e. The van der Waals surface area contributed by atoms with E-state index >= 15 is 0 Å². The van der Waals surface area contributed by atoms with Crippen LogP contribution in [0.2, 0.25) is 0 Å². The highest BCUT2D eigenvalue weighted by atomic mass is 14.8. The van der Waals surface area contributed by atoms with Crippen LogP contribution in [0.3, 0.4) is 0 Å². The molecule has 0 amide bonds. The zero-order valence-corrected chi connectivity index (χ0v) is 12.5. The van der Waals surface area contributed by atoms with Crippen molar-refractivity contribution in [2.45, 2.75) is 39.7 Å². The van der Waals surface area contributed by atoms with Gasteiger partial charge in [-0.25, -0.2) is 0 Å². The van der Waals surface area contributed by atoms with Crippen molar-refractivity contribution in [2.75, 3.05) is 6.54 Å². The number of fused-ring (bicyclic) bond motifs is 1. The van der Waals surface area contributed by atoms with Crippen molar-refractivity contribution in [3.05, 3.63) is 58.7 Å². The summed E-state index contributed by atoms with van der Waals surface area (Å²) in [6.07, 6.45) is 3.83. The molecule has 0 heterocycles. The van der Waals surface area contributed by atoms with E-state index in [1.54, 1.807) is 11.1 Å². The van der Waals surface area contributed by atoms with Gasteiger partial charge in [-0.2, -0.15) is 0 Å². The predicted octanol–water partition coefficient (Wildman–Crippen LogP) is 4.26. The van der Waals surface area contributed by atoms with Gasteiger partial charge in [-0.1, -0.05) is 43.3 Å². The normalized spacial score (nSPS) is 13.5. The van der Waals surface area contributed by atoms with Crippen molar-refractivity contribution < 1.29 is 0 Å². The van der Waals surface area contributed by atoms with Crippen LogP contribution in [0.1, 0.15) is 35.6 Å². The Labute approximate surface area is 122 Å². The Kier molecular flexibility index (Phi) is 3.88. The van der Waals surface area contributed by atoms with Gasteiger partial charge in [0.25, 0.3) is 0 Å². The highest BCUT2D eigenvalue weighted by Crippen LogP contribution is 2.30. The zero-order valence-electron chi connectivity index (χ0n) is 12.5. The molecule has 1 nitrogen and oxygen atoms in total. The Hall–Kier alpha value is -1.60. The smallest absolute Gasteiger partial charge is 0.0205 e. The lowest BCUT2D eigenvalue weighted by Crippen LogP contribution is -2.11. The second-order valence-electron chi connectivity index (χ2n) is 5.77. The third kappa shape index (κ3) is 2.64. The summed E-state index contributed by atoms with van der Waals surface area (Å²) in [6, 6.07) is 13.8. The molecule has 1 heteroatoms. The molecule has 0 atom stereocenters. The van der Waals surface area contributed by atoms with Crippen molar-refractivity contribution in [1.82, 2.24) is 5.32 Å². The van der Waals surface area contributed by atoms with E-state index in [-0.39, 0.29) is 0 Å². The van der Waals surface area contributed by atoms with Gasteiger partial charge in [0.05, 0.1) is 0 Å². The highest BCUT2D eigenvalue weighted by Gasteiger charge is 2.12.